The summed E-state index contributed by atoms with van der Waals surface area (Å²) in [5, 5.41) is 4.18. The van der Waals surface area contributed by atoms with Gasteiger partial charge in [0.2, 0.25) is 0 Å². The molecule has 0 unspecified atom stereocenters. The monoisotopic (exact) mass is 224 g/mol. The van der Waals surface area contributed by atoms with E-state index in [1.165, 1.54) is 12.8 Å². The molecule has 0 radical (unpaired) electrons. The average Bonchev–Trinajstić information content (AvgIpc) is 2.89. The Balaban J connectivity index is 1.88. The van der Waals surface area contributed by atoms with E-state index in [9.17, 15) is 0 Å². The molecule has 1 N–H and O–H groups in total. The molecule has 15 heavy (non-hydrogen) atoms. The van der Waals surface area contributed by atoms with Gasteiger partial charge in [-0.1, -0.05) is 0 Å². The Kier molecular flexibility index (Phi) is 3.26. The van der Waals surface area contributed by atoms with Crippen LogP contribution in [0.2, 0.25) is 0 Å². The summed E-state index contributed by atoms with van der Waals surface area (Å²) in [7, 11) is 0. The molecule has 0 aromatic carbocycles. The third kappa shape index (κ3) is 2.96. The first-order valence-corrected chi connectivity index (χ1v) is 5.78. The number of thiocarbonyl (C=S) groups is 1. The van der Waals surface area contributed by atoms with Crippen LogP contribution in [0, 0.1) is 0 Å². The highest BCUT2D eigenvalue weighted by molar-refractivity contribution is 7.80. The zero-order chi connectivity index (χ0) is 10.7. The Morgan fingerprint density at radius 3 is 3.00 bits per heavy atom. The highest BCUT2D eigenvalue weighted by atomic mass is 32.1. The number of hydrogen-bond acceptors (Lipinski definition) is 2. The second kappa shape index (κ2) is 4.66. The summed E-state index contributed by atoms with van der Waals surface area (Å²) in [6.45, 7) is 3.76. The number of furan rings is 1. The topological polar surface area (TPSA) is 28.4 Å². The summed E-state index contributed by atoms with van der Waals surface area (Å²) < 4.78 is 5.31. The van der Waals surface area contributed by atoms with E-state index in [2.05, 4.69) is 17.1 Å². The smallest absolute Gasteiger partial charge is 0.169 e. The van der Waals surface area contributed by atoms with Gasteiger partial charge >= 0.3 is 0 Å². The minimum atomic E-state index is 0.614. The quantitative estimate of drug-likeness (QED) is 0.793. The van der Waals surface area contributed by atoms with Gasteiger partial charge in [-0.2, -0.15) is 0 Å². The zero-order valence-electron chi connectivity index (χ0n) is 8.90. The first-order valence-electron chi connectivity index (χ1n) is 5.37. The highest BCUT2D eigenvalue weighted by Crippen LogP contribution is 2.19. The Labute approximate surface area is 95.4 Å². The minimum absolute atomic E-state index is 0.614. The first-order chi connectivity index (χ1) is 7.29. The molecule has 0 saturated heterocycles. The van der Waals surface area contributed by atoms with E-state index in [4.69, 9.17) is 16.6 Å². The maximum absolute atomic E-state index is 5.34. The minimum Gasteiger partial charge on any atom is -0.467 e. The van der Waals surface area contributed by atoms with Crippen LogP contribution < -0.4 is 5.32 Å². The largest absolute Gasteiger partial charge is 0.467 e. The maximum atomic E-state index is 5.34. The van der Waals surface area contributed by atoms with E-state index in [-0.39, 0.29) is 0 Å². The molecule has 0 spiro atoms. The molecular formula is C11H16N2OS. The summed E-state index contributed by atoms with van der Waals surface area (Å²) in [5.74, 6) is 0.955. The van der Waals surface area contributed by atoms with Crippen LogP contribution in [-0.2, 0) is 6.54 Å². The fraction of sp³-hybridized carbons (Fsp3) is 0.545. The van der Waals surface area contributed by atoms with E-state index in [0.717, 1.165) is 24.0 Å². The fourth-order valence-electron chi connectivity index (χ4n) is 1.41. The molecule has 1 saturated carbocycles. The molecule has 4 heteroatoms. The van der Waals surface area contributed by atoms with E-state index in [0.29, 0.717) is 6.04 Å². The van der Waals surface area contributed by atoms with Crippen molar-refractivity contribution in [1.29, 1.82) is 0 Å². The van der Waals surface area contributed by atoms with Crippen LogP contribution in [0.15, 0.2) is 22.8 Å². The van der Waals surface area contributed by atoms with Gasteiger partial charge < -0.3 is 14.6 Å². The van der Waals surface area contributed by atoms with Crippen molar-refractivity contribution in [3.05, 3.63) is 24.2 Å². The van der Waals surface area contributed by atoms with Gasteiger partial charge in [-0.15, -0.1) is 0 Å². The lowest BCUT2D eigenvalue weighted by atomic mass is 10.4. The summed E-state index contributed by atoms with van der Waals surface area (Å²) in [6.07, 6.45) is 4.19. The molecule has 1 fully saturated rings. The van der Waals surface area contributed by atoms with Gasteiger partial charge in [-0.3, -0.25) is 0 Å². The van der Waals surface area contributed by atoms with Crippen LogP contribution in [0.1, 0.15) is 25.5 Å². The molecular weight excluding hydrogens is 208 g/mol. The number of nitrogens with zero attached hydrogens (tertiary/aromatic N) is 1. The van der Waals surface area contributed by atoms with Crippen molar-refractivity contribution in [2.75, 3.05) is 6.54 Å². The van der Waals surface area contributed by atoms with Gasteiger partial charge in [-0.25, -0.2) is 0 Å². The molecule has 82 valence electrons. The van der Waals surface area contributed by atoms with E-state index in [1.807, 2.05) is 12.1 Å². The van der Waals surface area contributed by atoms with Crippen LogP contribution in [0.4, 0.5) is 0 Å². The predicted octanol–water partition coefficient (Wildman–Crippen LogP) is 2.14. The average molecular weight is 224 g/mol. The van der Waals surface area contributed by atoms with Crippen molar-refractivity contribution in [3.8, 4) is 0 Å². The van der Waals surface area contributed by atoms with E-state index in [1.54, 1.807) is 6.26 Å². The van der Waals surface area contributed by atoms with Crippen molar-refractivity contribution in [2.24, 2.45) is 0 Å². The predicted molar refractivity (Wildman–Crippen MR) is 63.5 cm³/mol. The summed E-state index contributed by atoms with van der Waals surface area (Å²) in [4.78, 5) is 2.12. The third-order valence-electron chi connectivity index (χ3n) is 2.50. The summed E-state index contributed by atoms with van der Waals surface area (Å²) >= 11 is 5.34. The van der Waals surface area contributed by atoms with Crippen LogP contribution in [0.3, 0.4) is 0 Å². The lowest BCUT2D eigenvalue weighted by Gasteiger charge is -2.23. The first kappa shape index (κ1) is 10.5. The Bertz CT molecular complexity index is 319. The Morgan fingerprint density at radius 1 is 1.67 bits per heavy atom. The van der Waals surface area contributed by atoms with Gasteiger partial charge in [0, 0.05) is 12.6 Å². The van der Waals surface area contributed by atoms with Gasteiger partial charge in [0.05, 0.1) is 12.8 Å². The van der Waals surface area contributed by atoms with Crippen LogP contribution in [0.25, 0.3) is 0 Å². The van der Waals surface area contributed by atoms with Crippen molar-refractivity contribution < 1.29 is 4.42 Å². The summed E-state index contributed by atoms with van der Waals surface area (Å²) in [6, 6.07) is 4.49. The molecule has 0 bridgehead atoms. The normalized spacial score (nSPS) is 15.0. The maximum Gasteiger partial charge on any atom is 0.169 e. The summed E-state index contributed by atoms with van der Waals surface area (Å²) in [5.41, 5.74) is 0. The molecule has 1 heterocycles. The van der Waals surface area contributed by atoms with Crippen molar-refractivity contribution in [3.63, 3.8) is 0 Å². The lowest BCUT2D eigenvalue weighted by Crippen LogP contribution is -2.40. The van der Waals surface area contributed by atoms with Crippen molar-refractivity contribution in [1.82, 2.24) is 10.2 Å². The molecule has 1 aliphatic carbocycles. The van der Waals surface area contributed by atoms with Gasteiger partial charge in [0.15, 0.2) is 5.11 Å². The number of nitrogens with one attached hydrogen (secondary N) is 1. The van der Waals surface area contributed by atoms with Gasteiger partial charge in [0.25, 0.3) is 0 Å². The van der Waals surface area contributed by atoms with Crippen LogP contribution in [0.5, 0.6) is 0 Å². The molecule has 3 nitrogen and oxygen atoms in total. The number of hydrogen-bond donors (Lipinski definition) is 1. The molecule has 0 amide bonds. The van der Waals surface area contributed by atoms with Crippen molar-refractivity contribution >= 4 is 17.3 Å². The molecule has 0 aliphatic heterocycles. The van der Waals surface area contributed by atoms with Crippen LogP contribution in [-0.4, -0.2) is 22.6 Å². The molecule has 0 atom stereocenters. The van der Waals surface area contributed by atoms with Crippen LogP contribution >= 0.6 is 12.2 Å². The zero-order valence-corrected chi connectivity index (χ0v) is 9.72. The van der Waals surface area contributed by atoms with Gasteiger partial charge in [-0.05, 0) is 44.1 Å². The molecule has 1 aliphatic rings. The highest BCUT2D eigenvalue weighted by Gasteiger charge is 2.23. The lowest BCUT2D eigenvalue weighted by molar-refractivity contribution is 0.370. The number of rotatable bonds is 4. The second-order valence-corrected chi connectivity index (χ2v) is 4.20. The Hall–Kier alpha value is -1.03. The second-order valence-electron chi connectivity index (χ2n) is 3.82. The fourth-order valence-corrected chi connectivity index (χ4v) is 1.77. The molecule has 1 aromatic rings. The van der Waals surface area contributed by atoms with Gasteiger partial charge in [0.1, 0.15) is 5.76 Å². The van der Waals surface area contributed by atoms with E-state index < -0.39 is 0 Å². The molecule has 1 aromatic heterocycles. The standard InChI is InChI=1S/C11H16N2OS/c1-2-13(8-10-4-3-7-14-10)11(15)12-9-5-6-9/h3-4,7,9H,2,5-6,8H2,1H3,(H,12,15). The van der Waals surface area contributed by atoms with E-state index >= 15 is 0 Å². The third-order valence-corrected chi connectivity index (χ3v) is 2.88. The van der Waals surface area contributed by atoms with Crippen molar-refractivity contribution in [2.45, 2.75) is 32.4 Å². The molecule has 2 rings (SSSR count). The SMILES string of the molecule is CCN(Cc1ccco1)C(=S)NC1CC1. The Morgan fingerprint density at radius 2 is 2.47 bits per heavy atom.